The van der Waals surface area contributed by atoms with Gasteiger partial charge in [-0.2, -0.15) is 0 Å². The van der Waals surface area contributed by atoms with E-state index in [4.69, 9.17) is 5.73 Å². The molecule has 5 rings (SSSR count). The van der Waals surface area contributed by atoms with E-state index in [-0.39, 0.29) is 6.54 Å². The molecule has 9 nitrogen and oxygen atoms in total. The third kappa shape index (κ3) is 4.05. The van der Waals surface area contributed by atoms with Crippen LogP contribution in [0, 0.1) is 0 Å². The fourth-order valence-corrected chi connectivity index (χ4v) is 3.06. The van der Waals surface area contributed by atoms with Crippen LogP contribution in [0.4, 0.5) is 0 Å². The van der Waals surface area contributed by atoms with Gasteiger partial charge in [0.1, 0.15) is 12.2 Å². The van der Waals surface area contributed by atoms with Gasteiger partial charge in [-0.15, -0.1) is 0 Å². The average molecular weight is 419 g/mol. The zero-order valence-electron chi connectivity index (χ0n) is 16.9. The number of hydrogen-bond acceptors (Lipinski definition) is 9. The Balaban J connectivity index is 1.59. The molecule has 2 N–H and O–H groups in total. The minimum absolute atomic E-state index is 0.259. The van der Waals surface area contributed by atoms with Crippen LogP contribution in [0.5, 0.6) is 0 Å². The Hall–Kier alpha value is -4.50. The fraction of sp³-hybridized carbons (Fsp3) is 0.0435. The van der Waals surface area contributed by atoms with Crippen molar-refractivity contribution in [2.24, 2.45) is 5.73 Å². The van der Waals surface area contributed by atoms with Crippen LogP contribution in [0.2, 0.25) is 0 Å². The highest BCUT2D eigenvalue weighted by molar-refractivity contribution is 5.67. The van der Waals surface area contributed by atoms with Gasteiger partial charge in [-0.3, -0.25) is 4.98 Å². The summed E-state index contributed by atoms with van der Waals surface area (Å²) in [6.45, 7) is 0.259. The van der Waals surface area contributed by atoms with Crippen molar-refractivity contribution in [3.05, 3.63) is 85.6 Å². The molecule has 5 aromatic rings. The van der Waals surface area contributed by atoms with Crippen LogP contribution in [0.15, 0.2) is 79.8 Å². The first-order chi connectivity index (χ1) is 15.8. The zero-order chi connectivity index (χ0) is 21.8. The molecule has 32 heavy (non-hydrogen) atoms. The Labute approximate surface area is 183 Å². The summed E-state index contributed by atoms with van der Waals surface area (Å²) in [4.78, 5) is 35.1. The molecule has 0 unspecified atom stereocenters. The van der Waals surface area contributed by atoms with E-state index in [2.05, 4.69) is 39.9 Å². The summed E-state index contributed by atoms with van der Waals surface area (Å²) < 4.78 is 0. The predicted octanol–water partition coefficient (Wildman–Crippen LogP) is 2.97. The molecule has 4 aromatic heterocycles. The average Bonchev–Trinajstić information content (AvgIpc) is 2.89. The third-order valence-corrected chi connectivity index (χ3v) is 4.69. The molecular weight excluding hydrogens is 402 g/mol. The molecule has 0 atom stereocenters. The minimum Gasteiger partial charge on any atom is -0.324 e. The summed E-state index contributed by atoms with van der Waals surface area (Å²) in [6.07, 6.45) is 9.81. The Kier molecular flexibility index (Phi) is 5.29. The van der Waals surface area contributed by atoms with Gasteiger partial charge in [0.2, 0.25) is 0 Å². The van der Waals surface area contributed by atoms with Crippen molar-refractivity contribution < 1.29 is 0 Å². The maximum Gasteiger partial charge on any atom is 0.167 e. The molecule has 1 aromatic carbocycles. The molecular formula is C23H17N9. The molecule has 154 valence electrons. The van der Waals surface area contributed by atoms with Crippen molar-refractivity contribution in [1.82, 2.24) is 39.9 Å². The van der Waals surface area contributed by atoms with E-state index in [1.807, 2.05) is 42.5 Å². The van der Waals surface area contributed by atoms with Gasteiger partial charge in [0.15, 0.2) is 17.5 Å². The molecule has 0 spiro atoms. The SMILES string of the molecule is NCc1ncc(-c2nc(-c3cncnc3)nc(-c3ccc(-c4ccccc4)nc3)n2)cn1. The minimum atomic E-state index is 0.259. The lowest BCUT2D eigenvalue weighted by molar-refractivity contribution is 0.907. The van der Waals surface area contributed by atoms with Crippen LogP contribution >= 0.6 is 0 Å². The number of nitrogens with zero attached hydrogens (tertiary/aromatic N) is 8. The van der Waals surface area contributed by atoms with Crippen molar-refractivity contribution in [2.45, 2.75) is 6.54 Å². The highest BCUT2D eigenvalue weighted by Gasteiger charge is 2.14. The molecule has 0 aliphatic heterocycles. The quantitative estimate of drug-likeness (QED) is 0.457. The van der Waals surface area contributed by atoms with E-state index < -0.39 is 0 Å². The molecule has 9 heteroatoms. The Morgan fingerprint density at radius 3 is 1.75 bits per heavy atom. The zero-order valence-corrected chi connectivity index (χ0v) is 16.9. The van der Waals surface area contributed by atoms with Crippen LogP contribution in [0.3, 0.4) is 0 Å². The lowest BCUT2D eigenvalue weighted by Crippen LogP contribution is -2.04. The summed E-state index contributed by atoms with van der Waals surface area (Å²) in [5, 5.41) is 0. The van der Waals surface area contributed by atoms with Crippen molar-refractivity contribution in [1.29, 1.82) is 0 Å². The monoisotopic (exact) mass is 419 g/mol. The molecule has 0 saturated carbocycles. The van der Waals surface area contributed by atoms with E-state index >= 15 is 0 Å². The second kappa shape index (κ2) is 8.70. The first-order valence-electron chi connectivity index (χ1n) is 9.85. The number of nitrogens with two attached hydrogens (primary N) is 1. The Morgan fingerprint density at radius 2 is 1.16 bits per heavy atom. The van der Waals surface area contributed by atoms with Gasteiger partial charge in [-0.05, 0) is 12.1 Å². The van der Waals surface area contributed by atoms with Gasteiger partial charge in [0.05, 0.1) is 23.4 Å². The van der Waals surface area contributed by atoms with Crippen LogP contribution in [-0.4, -0.2) is 39.9 Å². The number of pyridine rings is 1. The highest BCUT2D eigenvalue weighted by atomic mass is 15.0. The Bertz CT molecular complexity index is 1320. The topological polar surface area (TPSA) is 129 Å². The molecule has 0 bridgehead atoms. The molecule has 0 amide bonds. The van der Waals surface area contributed by atoms with Gasteiger partial charge < -0.3 is 5.73 Å². The van der Waals surface area contributed by atoms with Crippen molar-refractivity contribution in [3.63, 3.8) is 0 Å². The number of rotatable bonds is 5. The highest BCUT2D eigenvalue weighted by Crippen LogP contribution is 2.24. The lowest BCUT2D eigenvalue weighted by Gasteiger charge is -2.08. The summed E-state index contributed by atoms with van der Waals surface area (Å²) in [6, 6.07) is 13.9. The molecule has 0 radical (unpaired) electrons. The van der Waals surface area contributed by atoms with Gasteiger partial charge >= 0.3 is 0 Å². The second-order valence-electron chi connectivity index (χ2n) is 6.82. The van der Waals surface area contributed by atoms with Gasteiger partial charge in [0, 0.05) is 42.1 Å². The maximum atomic E-state index is 5.61. The molecule has 0 aliphatic rings. The van der Waals surface area contributed by atoms with E-state index in [1.54, 1.807) is 31.0 Å². The van der Waals surface area contributed by atoms with E-state index in [1.165, 1.54) is 6.33 Å². The summed E-state index contributed by atoms with van der Waals surface area (Å²) >= 11 is 0. The number of aromatic nitrogens is 8. The smallest absolute Gasteiger partial charge is 0.167 e. The Morgan fingerprint density at radius 1 is 0.562 bits per heavy atom. The number of hydrogen-bond donors (Lipinski definition) is 1. The molecule has 0 saturated heterocycles. The lowest BCUT2D eigenvalue weighted by atomic mass is 10.1. The van der Waals surface area contributed by atoms with E-state index in [9.17, 15) is 0 Å². The summed E-state index contributed by atoms with van der Waals surface area (Å²) in [5.74, 6) is 1.90. The first-order valence-corrected chi connectivity index (χ1v) is 9.85. The predicted molar refractivity (Wildman–Crippen MR) is 118 cm³/mol. The second-order valence-corrected chi connectivity index (χ2v) is 6.82. The van der Waals surface area contributed by atoms with Crippen LogP contribution in [0.25, 0.3) is 45.4 Å². The standard InChI is InChI=1S/C23H17N9/c24-8-20-28-12-18(13-29-20)23-31-21(30-22(32-23)17-9-25-14-26-10-17)16-6-7-19(27-11-16)15-4-2-1-3-5-15/h1-7,9-14H,8,24H2. The first kappa shape index (κ1) is 19.5. The number of benzene rings is 1. The van der Waals surface area contributed by atoms with Gasteiger partial charge in [-0.25, -0.2) is 34.9 Å². The van der Waals surface area contributed by atoms with Crippen molar-refractivity contribution >= 4 is 0 Å². The van der Waals surface area contributed by atoms with Gasteiger partial charge in [-0.1, -0.05) is 30.3 Å². The maximum absolute atomic E-state index is 5.61. The van der Waals surface area contributed by atoms with Crippen molar-refractivity contribution in [2.75, 3.05) is 0 Å². The molecule has 4 heterocycles. The molecule has 0 fully saturated rings. The van der Waals surface area contributed by atoms with Crippen LogP contribution in [0.1, 0.15) is 5.82 Å². The largest absolute Gasteiger partial charge is 0.324 e. The summed E-state index contributed by atoms with van der Waals surface area (Å²) in [5.41, 5.74) is 9.59. The van der Waals surface area contributed by atoms with Crippen LogP contribution in [-0.2, 0) is 6.54 Å². The van der Waals surface area contributed by atoms with Crippen molar-refractivity contribution in [3.8, 4) is 45.4 Å². The normalized spacial score (nSPS) is 10.8. The third-order valence-electron chi connectivity index (χ3n) is 4.69. The molecule has 0 aliphatic carbocycles. The van der Waals surface area contributed by atoms with E-state index in [0.29, 0.717) is 34.4 Å². The summed E-state index contributed by atoms with van der Waals surface area (Å²) in [7, 11) is 0. The van der Waals surface area contributed by atoms with Crippen LogP contribution < -0.4 is 5.73 Å². The van der Waals surface area contributed by atoms with Gasteiger partial charge in [0.25, 0.3) is 0 Å². The van der Waals surface area contributed by atoms with E-state index in [0.717, 1.165) is 16.8 Å². The fourth-order valence-electron chi connectivity index (χ4n) is 3.06.